The van der Waals surface area contributed by atoms with Gasteiger partial charge in [0.05, 0.1) is 6.61 Å². The van der Waals surface area contributed by atoms with Crippen molar-refractivity contribution in [3.8, 4) is 0 Å². The SMILES string of the molecule is Cc1nc(C2CN(Cc3nnsc3Cl)CCO2)n[nH]1. The molecule has 0 bridgehead atoms. The number of ether oxygens (including phenoxy) is 1. The van der Waals surface area contributed by atoms with E-state index in [0.29, 0.717) is 23.3 Å². The van der Waals surface area contributed by atoms with Crippen LogP contribution in [0.15, 0.2) is 0 Å². The normalized spacial score (nSPS) is 20.8. The summed E-state index contributed by atoms with van der Waals surface area (Å²) in [6.45, 7) is 4.77. The van der Waals surface area contributed by atoms with Crippen molar-refractivity contribution in [2.45, 2.75) is 19.6 Å². The third-order valence-electron chi connectivity index (χ3n) is 2.94. The fraction of sp³-hybridized carbons (Fsp3) is 0.600. The smallest absolute Gasteiger partial charge is 0.180 e. The van der Waals surface area contributed by atoms with Gasteiger partial charge >= 0.3 is 0 Å². The van der Waals surface area contributed by atoms with Crippen molar-refractivity contribution in [1.82, 2.24) is 29.7 Å². The zero-order chi connectivity index (χ0) is 13.2. The van der Waals surface area contributed by atoms with Crippen molar-refractivity contribution in [3.63, 3.8) is 0 Å². The summed E-state index contributed by atoms with van der Waals surface area (Å²) in [5.74, 6) is 1.49. The third-order valence-corrected chi connectivity index (χ3v) is 3.92. The Balaban J connectivity index is 1.66. The van der Waals surface area contributed by atoms with Crippen LogP contribution in [0.25, 0.3) is 0 Å². The maximum absolute atomic E-state index is 6.02. The fourth-order valence-electron chi connectivity index (χ4n) is 2.01. The first-order valence-electron chi connectivity index (χ1n) is 5.92. The Bertz CT molecular complexity index is 558. The summed E-state index contributed by atoms with van der Waals surface area (Å²) in [5.41, 5.74) is 0.818. The number of nitrogens with zero attached hydrogens (tertiary/aromatic N) is 5. The molecule has 2 aromatic heterocycles. The van der Waals surface area contributed by atoms with E-state index in [1.807, 2.05) is 6.92 Å². The molecule has 9 heteroatoms. The number of rotatable bonds is 3. The van der Waals surface area contributed by atoms with Crippen LogP contribution >= 0.6 is 23.1 Å². The van der Waals surface area contributed by atoms with Gasteiger partial charge in [0.1, 0.15) is 22.0 Å². The fourth-order valence-corrected chi connectivity index (χ4v) is 2.62. The van der Waals surface area contributed by atoms with Crippen molar-refractivity contribution in [3.05, 3.63) is 21.7 Å². The van der Waals surface area contributed by atoms with Crippen LogP contribution in [0.5, 0.6) is 0 Å². The molecule has 1 unspecified atom stereocenters. The summed E-state index contributed by atoms with van der Waals surface area (Å²) in [6.07, 6.45) is -0.107. The van der Waals surface area contributed by atoms with E-state index in [1.165, 1.54) is 11.5 Å². The Morgan fingerprint density at radius 2 is 2.47 bits per heavy atom. The molecule has 1 aliphatic heterocycles. The lowest BCUT2D eigenvalue weighted by Crippen LogP contribution is -2.38. The topological polar surface area (TPSA) is 79.8 Å². The molecule has 0 radical (unpaired) electrons. The Kier molecular flexibility index (Phi) is 3.74. The van der Waals surface area contributed by atoms with Gasteiger partial charge in [-0.3, -0.25) is 10.00 Å². The predicted molar refractivity (Wildman–Crippen MR) is 70.0 cm³/mol. The molecule has 0 aromatic carbocycles. The van der Waals surface area contributed by atoms with Gasteiger partial charge < -0.3 is 4.74 Å². The highest BCUT2D eigenvalue weighted by Crippen LogP contribution is 2.23. The second kappa shape index (κ2) is 5.49. The van der Waals surface area contributed by atoms with Crippen LogP contribution in [0.4, 0.5) is 0 Å². The van der Waals surface area contributed by atoms with E-state index in [4.69, 9.17) is 16.3 Å². The number of aromatic amines is 1. The number of morpholine rings is 1. The molecule has 3 rings (SSSR count). The molecule has 1 saturated heterocycles. The van der Waals surface area contributed by atoms with Crippen molar-refractivity contribution in [1.29, 1.82) is 0 Å². The maximum atomic E-state index is 6.02. The molecule has 2 aromatic rings. The highest BCUT2D eigenvalue weighted by molar-refractivity contribution is 7.10. The molecule has 1 fully saturated rings. The average molecular weight is 301 g/mol. The Hall–Kier alpha value is -1.09. The molecule has 102 valence electrons. The molecule has 19 heavy (non-hydrogen) atoms. The number of nitrogens with one attached hydrogen (secondary N) is 1. The van der Waals surface area contributed by atoms with Crippen molar-refractivity contribution >= 4 is 23.1 Å². The van der Waals surface area contributed by atoms with Crippen LogP contribution < -0.4 is 0 Å². The van der Waals surface area contributed by atoms with Crippen LogP contribution in [0, 0.1) is 6.92 Å². The first kappa shape index (κ1) is 12.9. The van der Waals surface area contributed by atoms with Gasteiger partial charge in [0.2, 0.25) is 0 Å². The summed E-state index contributed by atoms with van der Waals surface area (Å²) in [7, 11) is 0. The minimum Gasteiger partial charge on any atom is -0.367 e. The molecule has 0 spiro atoms. The first-order chi connectivity index (χ1) is 9.22. The van der Waals surface area contributed by atoms with Crippen molar-refractivity contribution < 1.29 is 4.74 Å². The number of aryl methyl sites for hydroxylation is 1. The summed E-state index contributed by atoms with van der Waals surface area (Å²) < 4.78 is 10.2. The molecular weight excluding hydrogens is 288 g/mol. The van der Waals surface area contributed by atoms with E-state index in [9.17, 15) is 0 Å². The molecular formula is C10H13ClN6OS. The standard InChI is InChI=1S/C10H13ClN6OS/c1-6-12-10(15-13-6)8-5-17(2-3-18-8)4-7-9(11)19-16-14-7/h8H,2-5H2,1H3,(H,12,13,15). The average Bonchev–Trinajstić information content (AvgIpc) is 3.00. The summed E-state index contributed by atoms with van der Waals surface area (Å²) in [4.78, 5) is 6.54. The van der Waals surface area contributed by atoms with Gasteiger partial charge in [-0.2, -0.15) is 5.10 Å². The number of halogens is 1. The number of hydrogen-bond acceptors (Lipinski definition) is 7. The summed E-state index contributed by atoms with van der Waals surface area (Å²) in [5, 5.41) is 11.0. The molecule has 0 amide bonds. The molecule has 1 N–H and O–H groups in total. The quantitative estimate of drug-likeness (QED) is 0.917. The minimum atomic E-state index is -0.107. The Morgan fingerprint density at radius 1 is 1.58 bits per heavy atom. The summed E-state index contributed by atoms with van der Waals surface area (Å²) in [6, 6.07) is 0. The number of aromatic nitrogens is 5. The van der Waals surface area contributed by atoms with Gasteiger partial charge in [-0.05, 0) is 6.92 Å². The largest absolute Gasteiger partial charge is 0.367 e. The molecule has 3 heterocycles. The molecule has 0 aliphatic carbocycles. The second-order valence-electron chi connectivity index (χ2n) is 4.37. The van der Waals surface area contributed by atoms with Gasteiger partial charge in [0.25, 0.3) is 0 Å². The van der Waals surface area contributed by atoms with Crippen molar-refractivity contribution in [2.24, 2.45) is 0 Å². The third kappa shape index (κ3) is 2.92. The van der Waals surface area contributed by atoms with Gasteiger partial charge in [0.15, 0.2) is 5.82 Å². The molecule has 7 nitrogen and oxygen atoms in total. The van der Waals surface area contributed by atoms with E-state index in [-0.39, 0.29) is 6.10 Å². The zero-order valence-electron chi connectivity index (χ0n) is 10.3. The second-order valence-corrected chi connectivity index (χ2v) is 5.72. The van der Waals surface area contributed by atoms with Gasteiger partial charge in [0, 0.05) is 31.2 Å². The lowest BCUT2D eigenvalue weighted by atomic mass is 10.2. The van der Waals surface area contributed by atoms with E-state index in [1.54, 1.807) is 0 Å². The lowest BCUT2D eigenvalue weighted by molar-refractivity contribution is -0.0374. The van der Waals surface area contributed by atoms with Crippen molar-refractivity contribution in [2.75, 3.05) is 19.7 Å². The van der Waals surface area contributed by atoms with Gasteiger partial charge in [-0.25, -0.2) is 4.98 Å². The Morgan fingerprint density at radius 3 is 3.16 bits per heavy atom. The number of hydrogen-bond donors (Lipinski definition) is 1. The van der Waals surface area contributed by atoms with Crippen LogP contribution in [0.2, 0.25) is 4.34 Å². The lowest BCUT2D eigenvalue weighted by Gasteiger charge is -2.30. The monoisotopic (exact) mass is 300 g/mol. The van der Waals surface area contributed by atoms with Gasteiger partial charge in [-0.15, -0.1) is 5.10 Å². The first-order valence-corrected chi connectivity index (χ1v) is 7.07. The molecule has 0 saturated carbocycles. The number of H-pyrrole nitrogens is 1. The van der Waals surface area contributed by atoms with E-state index in [2.05, 4.69) is 29.7 Å². The Labute approximate surface area is 119 Å². The molecule has 1 aliphatic rings. The molecule has 1 atom stereocenters. The maximum Gasteiger partial charge on any atom is 0.180 e. The predicted octanol–water partition coefficient (Wildman–Crippen LogP) is 1.19. The highest BCUT2D eigenvalue weighted by Gasteiger charge is 2.26. The van der Waals surface area contributed by atoms with Crippen LogP contribution in [0.1, 0.15) is 23.4 Å². The van der Waals surface area contributed by atoms with Gasteiger partial charge in [-0.1, -0.05) is 16.1 Å². The zero-order valence-corrected chi connectivity index (χ0v) is 11.9. The van der Waals surface area contributed by atoms with E-state index < -0.39 is 0 Å². The van der Waals surface area contributed by atoms with Crippen LogP contribution in [0.3, 0.4) is 0 Å². The van der Waals surface area contributed by atoms with E-state index >= 15 is 0 Å². The minimum absolute atomic E-state index is 0.107. The highest BCUT2D eigenvalue weighted by atomic mass is 35.5. The summed E-state index contributed by atoms with van der Waals surface area (Å²) >= 11 is 7.23. The van der Waals surface area contributed by atoms with Crippen LogP contribution in [-0.4, -0.2) is 49.4 Å². The van der Waals surface area contributed by atoms with Crippen LogP contribution in [-0.2, 0) is 11.3 Å². The van der Waals surface area contributed by atoms with E-state index in [0.717, 1.165) is 24.6 Å².